The topological polar surface area (TPSA) is 41.9 Å². The van der Waals surface area contributed by atoms with E-state index in [-0.39, 0.29) is 0 Å². The molecule has 120 valence electrons. The number of fused-ring (bicyclic) bond motifs is 1. The van der Waals surface area contributed by atoms with Crippen molar-refractivity contribution in [3.63, 3.8) is 0 Å². The van der Waals surface area contributed by atoms with Crippen LogP contribution in [0, 0.1) is 6.92 Å². The van der Waals surface area contributed by atoms with Crippen molar-refractivity contribution >= 4 is 0 Å². The van der Waals surface area contributed by atoms with E-state index in [1.165, 1.54) is 11.1 Å². The summed E-state index contributed by atoms with van der Waals surface area (Å²) in [6, 6.07) is 14.1. The Morgan fingerprint density at radius 2 is 1.87 bits per heavy atom. The fraction of sp³-hybridized carbons (Fsp3) is 0.368. The first-order chi connectivity index (χ1) is 11.1. The van der Waals surface area contributed by atoms with Gasteiger partial charge in [0.15, 0.2) is 11.5 Å². The van der Waals surface area contributed by atoms with Gasteiger partial charge in [0.25, 0.3) is 0 Å². The minimum absolute atomic E-state index is 0.301. The number of nitrogens with zero attached hydrogens (tertiary/aromatic N) is 1. The molecular weight excluding hydrogens is 290 g/mol. The zero-order chi connectivity index (χ0) is 15.9. The average molecular weight is 311 g/mol. The van der Waals surface area contributed by atoms with Crippen molar-refractivity contribution in [3.8, 4) is 11.5 Å². The Morgan fingerprint density at radius 3 is 2.65 bits per heavy atom. The van der Waals surface area contributed by atoms with Crippen molar-refractivity contribution in [2.45, 2.75) is 25.5 Å². The molecule has 0 bridgehead atoms. The van der Waals surface area contributed by atoms with Crippen LogP contribution in [0.3, 0.4) is 0 Å². The van der Waals surface area contributed by atoms with Gasteiger partial charge < -0.3 is 14.6 Å². The summed E-state index contributed by atoms with van der Waals surface area (Å²) in [4.78, 5) is 2.30. The van der Waals surface area contributed by atoms with E-state index in [1.54, 1.807) is 0 Å². The largest absolute Gasteiger partial charge is 0.454 e. The molecule has 2 aliphatic heterocycles. The van der Waals surface area contributed by atoms with Gasteiger partial charge in [-0.15, -0.1) is 0 Å². The number of hydrogen-bond donors (Lipinski definition) is 1. The standard InChI is InChI=1S/C19H21NO3/c1-14-9-17-18(23-13-22-17)10-15(14)11-20-8-7-19(21,12-20)16-5-3-2-4-6-16/h2-6,9-10,21H,7-8,11-13H2,1H3/t19-/m0/s1. The SMILES string of the molecule is Cc1cc2c(cc1CN1CC[C@@](O)(c3ccccc3)C1)OCO2. The average Bonchev–Trinajstić information content (AvgIpc) is 3.16. The van der Waals surface area contributed by atoms with Crippen LogP contribution in [0.1, 0.15) is 23.1 Å². The van der Waals surface area contributed by atoms with E-state index in [9.17, 15) is 5.11 Å². The predicted octanol–water partition coefficient (Wildman–Crippen LogP) is 2.82. The first kappa shape index (κ1) is 14.5. The zero-order valence-corrected chi connectivity index (χ0v) is 13.3. The number of rotatable bonds is 3. The van der Waals surface area contributed by atoms with Gasteiger partial charge in [0.1, 0.15) is 5.60 Å². The van der Waals surface area contributed by atoms with Crippen LogP contribution in [0.4, 0.5) is 0 Å². The second-order valence-corrected chi connectivity index (χ2v) is 6.49. The number of β-amino-alcohol motifs (C(OH)–C–C–N with tert-alkyl or cyclic N) is 1. The first-order valence-corrected chi connectivity index (χ1v) is 8.03. The lowest BCUT2D eigenvalue weighted by Gasteiger charge is -2.24. The molecule has 0 aliphatic carbocycles. The highest BCUT2D eigenvalue weighted by Crippen LogP contribution is 2.37. The van der Waals surface area contributed by atoms with Crippen LogP contribution >= 0.6 is 0 Å². The quantitative estimate of drug-likeness (QED) is 0.946. The van der Waals surface area contributed by atoms with E-state index in [1.807, 2.05) is 36.4 Å². The number of hydrogen-bond acceptors (Lipinski definition) is 4. The summed E-state index contributed by atoms with van der Waals surface area (Å²) in [6.45, 7) is 4.76. The van der Waals surface area contributed by atoms with Gasteiger partial charge >= 0.3 is 0 Å². The molecule has 2 aliphatic rings. The summed E-state index contributed by atoms with van der Waals surface area (Å²) in [5, 5.41) is 10.9. The number of aryl methyl sites for hydroxylation is 1. The second-order valence-electron chi connectivity index (χ2n) is 6.49. The fourth-order valence-electron chi connectivity index (χ4n) is 3.49. The smallest absolute Gasteiger partial charge is 0.231 e. The maximum absolute atomic E-state index is 10.9. The number of benzene rings is 2. The molecule has 0 saturated carbocycles. The monoisotopic (exact) mass is 311 g/mol. The van der Waals surface area contributed by atoms with Gasteiger partial charge in [0, 0.05) is 19.6 Å². The third kappa shape index (κ3) is 2.69. The molecule has 23 heavy (non-hydrogen) atoms. The van der Waals surface area contributed by atoms with Gasteiger partial charge in [0.05, 0.1) is 0 Å². The Morgan fingerprint density at radius 1 is 1.13 bits per heavy atom. The first-order valence-electron chi connectivity index (χ1n) is 8.03. The number of ether oxygens (including phenoxy) is 2. The summed E-state index contributed by atoms with van der Waals surface area (Å²) in [5.41, 5.74) is 2.69. The van der Waals surface area contributed by atoms with E-state index in [0.717, 1.165) is 36.6 Å². The third-order valence-electron chi connectivity index (χ3n) is 4.86. The Kier molecular flexibility index (Phi) is 3.51. The maximum Gasteiger partial charge on any atom is 0.231 e. The molecule has 1 saturated heterocycles. The molecule has 4 heteroatoms. The lowest BCUT2D eigenvalue weighted by molar-refractivity contribution is 0.0453. The fourth-order valence-corrected chi connectivity index (χ4v) is 3.49. The van der Waals surface area contributed by atoms with Gasteiger partial charge in [-0.05, 0) is 42.2 Å². The molecule has 1 fully saturated rings. The van der Waals surface area contributed by atoms with Crippen LogP contribution in [-0.4, -0.2) is 29.9 Å². The lowest BCUT2D eigenvalue weighted by atomic mass is 9.93. The van der Waals surface area contributed by atoms with Crippen LogP contribution in [0.5, 0.6) is 11.5 Å². The highest BCUT2D eigenvalue weighted by Gasteiger charge is 2.37. The Balaban J connectivity index is 1.51. The molecule has 4 nitrogen and oxygen atoms in total. The van der Waals surface area contributed by atoms with E-state index in [0.29, 0.717) is 13.3 Å². The molecule has 4 rings (SSSR count). The number of aliphatic hydroxyl groups is 1. The summed E-state index contributed by atoms with van der Waals surface area (Å²) in [6.07, 6.45) is 0.764. The van der Waals surface area contributed by atoms with Gasteiger partial charge in [0.2, 0.25) is 6.79 Å². The van der Waals surface area contributed by atoms with Crippen LogP contribution in [0.25, 0.3) is 0 Å². The zero-order valence-electron chi connectivity index (χ0n) is 13.3. The molecular formula is C19H21NO3. The summed E-state index contributed by atoms with van der Waals surface area (Å²) < 4.78 is 10.9. The Bertz CT molecular complexity index is 716. The van der Waals surface area contributed by atoms with Crippen LogP contribution in [-0.2, 0) is 12.1 Å². The van der Waals surface area contributed by atoms with Crippen molar-refractivity contribution < 1.29 is 14.6 Å². The second kappa shape index (κ2) is 5.55. The van der Waals surface area contributed by atoms with Crippen LogP contribution in [0.15, 0.2) is 42.5 Å². The highest BCUT2D eigenvalue weighted by molar-refractivity contribution is 5.48. The van der Waals surface area contributed by atoms with Gasteiger partial charge in [-0.1, -0.05) is 30.3 Å². The molecule has 2 aromatic carbocycles. The Labute approximate surface area is 136 Å². The van der Waals surface area contributed by atoms with Crippen LogP contribution in [0.2, 0.25) is 0 Å². The van der Waals surface area contributed by atoms with Crippen molar-refractivity contribution in [1.29, 1.82) is 0 Å². The van der Waals surface area contributed by atoms with Crippen molar-refractivity contribution in [3.05, 3.63) is 59.2 Å². The molecule has 0 radical (unpaired) electrons. The lowest BCUT2D eigenvalue weighted by Crippen LogP contribution is -2.30. The predicted molar refractivity (Wildman–Crippen MR) is 87.5 cm³/mol. The Hall–Kier alpha value is -2.04. The van der Waals surface area contributed by atoms with Crippen molar-refractivity contribution in [2.75, 3.05) is 19.9 Å². The van der Waals surface area contributed by atoms with Gasteiger partial charge in [-0.2, -0.15) is 0 Å². The molecule has 0 amide bonds. The van der Waals surface area contributed by atoms with E-state index in [4.69, 9.17) is 9.47 Å². The number of likely N-dealkylation sites (tertiary alicyclic amines) is 1. The third-order valence-corrected chi connectivity index (χ3v) is 4.86. The van der Waals surface area contributed by atoms with Crippen molar-refractivity contribution in [2.24, 2.45) is 0 Å². The molecule has 0 spiro atoms. The maximum atomic E-state index is 10.9. The summed E-state index contributed by atoms with van der Waals surface area (Å²) >= 11 is 0. The summed E-state index contributed by atoms with van der Waals surface area (Å²) in [7, 11) is 0. The summed E-state index contributed by atoms with van der Waals surface area (Å²) in [5.74, 6) is 1.65. The normalized spacial score (nSPS) is 23.4. The minimum atomic E-state index is -0.745. The van der Waals surface area contributed by atoms with E-state index < -0.39 is 5.60 Å². The molecule has 0 unspecified atom stereocenters. The molecule has 2 aromatic rings. The van der Waals surface area contributed by atoms with E-state index >= 15 is 0 Å². The molecule has 1 atom stereocenters. The molecule has 0 aromatic heterocycles. The molecule has 2 heterocycles. The minimum Gasteiger partial charge on any atom is -0.454 e. The molecule has 1 N–H and O–H groups in total. The van der Waals surface area contributed by atoms with Crippen molar-refractivity contribution in [1.82, 2.24) is 4.90 Å². The van der Waals surface area contributed by atoms with E-state index in [2.05, 4.69) is 17.9 Å². The highest BCUT2D eigenvalue weighted by atomic mass is 16.7. The van der Waals surface area contributed by atoms with Gasteiger partial charge in [-0.3, -0.25) is 4.90 Å². The van der Waals surface area contributed by atoms with Gasteiger partial charge in [-0.25, -0.2) is 0 Å². The van der Waals surface area contributed by atoms with Crippen LogP contribution < -0.4 is 9.47 Å².